The van der Waals surface area contributed by atoms with Crippen molar-refractivity contribution in [3.8, 4) is 0 Å². The number of para-hydroxylation sites is 1. The smallest absolute Gasteiger partial charge is 0.330 e. The van der Waals surface area contributed by atoms with Gasteiger partial charge in [0.15, 0.2) is 0 Å². The zero-order chi connectivity index (χ0) is 24.1. The first kappa shape index (κ1) is 25.3. The number of rotatable bonds is 6. The summed E-state index contributed by atoms with van der Waals surface area (Å²) in [4.78, 5) is 25.6. The minimum absolute atomic E-state index is 0.0337. The first-order valence-corrected chi connectivity index (χ1v) is 9.50. The number of nitrogens with one attached hydrogen (secondary N) is 1. The summed E-state index contributed by atoms with van der Waals surface area (Å²) in [6.07, 6.45) is -7.27. The Morgan fingerprint density at radius 1 is 1.00 bits per heavy atom. The molecule has 0 aliphatic heterocycles. The zero-order valence-electron chi connectivity index (χ0n) is 16.5. The molecule has 2 rings (SSSR count). The number of likely N-dealkylation sites (N-methyl/N-ethyl adjacent to an activating group) is 1. The van der Waals surface area contributed by atoms with E-state index >= 15 is 0 Å². The van der Waals surface area contributed by atoms with Crippen molar-refractivity contribution in [2.75, 3.05) is 18.4 Å². The monoisotopic (exact) mass is 478 g/mol. The number of nitrogens with zero attached hydrogens (tertiary/aromatic N) is 1. The van der Waals surface area contributed by atoms with Gasteiger partial charge in [-0.15, -0.1) is 0 Å². The van der Waals surface area contributed by atoms with E-state index in [-0.39, 0.29) is 12.1 Å². The number of carbonyl (C=O) groups excluding carboxylic acids is 2. The molecule has 0 bridgehead atoms. The van der Waals surface area contributed by atoms with E-state index in [0.717, 1.165) is 41.3 Å². The van der Waals surface area contributed by atoms with E-state index in [1.54, 1.807) is 0 Å². The van der Waals surface area contributed by atoms with Crippen LogP contribution in [0.1, 0.15) is 23.6 Å². The third-order valence-corrected chi connectivity index (χ3v) is 4.58. The van der Waals surface area contributed by atoms with Crippen molar-refractivity contribution >= 4 is 35.2 Å². The van der Waals surface area contributed by atoms with Crippen LogP contribution >= 0.6 is 11.6 Å². The Bertz CT molecular complexity index is 1020. The molecular weight excluding hydrogens is 462 g/mol. The minimum Gasteiger partial charge on any atom is -0.330 e. The van der Waals surface area contributed by atoms with Gasteiger partial charge in [-0.25, -0.2) is 0 Å². The highest BCUT2D eigenvalue weighted by Crippen LogP contribution is 2.36. The summed E-state index contributed by atoms with van der Waals surface area (Å²) in [5.41, 5.74) is -2.51. The number of alkyl halides is 6. The summed E-state index contributed by atoms with van der Waals surface area (Å²) >= 11 is 5.55. The van der Waals surface area contributed by atoms with E-state index < -0.39 is 52.5 Å². The summed E-state index contributed by atoms with van der Waals surface area (Å²) < 4.78 is 77.9. The second-order valence-electron chi connectivity index (χ2n) is 6.51. The van der Waals surface area contributed by atoms with Crippen molar-refractivity contribution in [1.82, 2.24) is 4.90 Å². The Morgan fingerprint density at radius 2 is 1.62 bits per heavy atom. The average molecular weight is 479 g/mol. The number of anilines is 1. The molecule has 0 aromatic heterocycles. The van der Waals surface area contributed by atoms with E-state index in [2.05, 4.69) is 5.32 Å². The molecule has 2 aromatic rings. The van der Waals surface area contributed by atoms with Crippen LogP contribution in [0.4, 0.5) is 32.0 Å². The average Bonchev–Trinajstić information content (AvgIpc) is 2.69. The number of amides is 2. The molecule has 1 N–H and O–H groups in total. The third-order valence-electron chi connectivity index (χ3n) is 4.25. The summed E-state index contributed by atoms with van der Waals surface area (Å²) in [6, 6.07) is 7.46. The van der Waals surface area contributed by atoms with Gasteiger partial charge in [-0.3, -0.25) is 9.59 Å². The molecule has 172 valence electrons. The van der Waals surface area contributed by atoms with Crippen molar-refractivity contribution in [3.63, 3.8) is 0 Å². The molecule has 0 fully saturated rings. The van der Waals surface area contributed by atoms with E-state index in [9.17, 15) is 35.9 Å². The summed E-state index contributed by atoms with van der Waals surface area (Å²) in [6.45, 7) is 1.01. The van der Waals surface area contributed by atoms with Gasteiger partial charge in [0.25, 0.3) is 0 Å². The summed E-state index contributed by atoms with van der Waals surface area (Å²) in [5, 5.41) is 1.63. The maximum absolute atomic E-state index is 13.0. The molecule has 32 heavy (non-hydrogen) atoms. The number of hydrogen-bond donors (Lipinski definition) is 1. The van der Waals surface area contributed by atoms with Crippen LogP contribution in [-0.4, -0.2) is 29.8 Å². The molecule has 0 saturated carbocycles. The van der Waals surface area contributed by atoms with Crippen LogP contribution in [0.2, 0.25) is 5.02 Å². The Balaban J connectivity index is 2.10. The molecule has 4 nitrogen and oxygen atoms in total. The lowest BCUT2D eigenvalue weighted by Gasteiger charge is -2.20. The van der Waals surface area contributed by atoms with Crippen LogP contribution < -0.4 is 5.32 Å². The van der Waals surface area contributed by atoms with Gasteiger partial charge in [-0.05, 0) is 42.8 Å². The number of benzene rings is 2. The van der Waals surface area contributed by atoms with Crippen LogP contribution in [0, 0.1) is 0 Å². The fraction of sp³-hybridized carbons (Fsp3) is 0.238. The molecular formula is C21H17ClF6N2O2. The SMILES string of the molecule is CCN(CC(=O)Nc1ccccc1C(F)(F)F)C(=O)/C=C\c1ccc(Cl)c(C(F)(F)F)c1. The second-order valence-corrected chi connectivity index (χ2v) is 6.92. The molecule has 2 aromatic carbocycles. The van der Waals surface area contributed by atoms with Crippen LogP contribution in [0.5, 0.6) is 0 Å². The highest BCUT2D eigenvalue weighted by Gasteiger charge is 2.34. The molecule has 0 heterocycles. The van der Waals surface area contributed by atoms with Crippen molar-refractivity contribution in [3.05, 3.63) is 70.3 Å². The van der Waals surface area contributed by atoms with E-state index in [1.165, 1.54) is 25.1 Å². The summed E-state index contributed by atoms with van der Waals surface area (Å²) in [5.74, 6) is -1.58. The van der Waals surface area contributed by atoms with Gasteiger partial charge >= 0.3 is 12.4 Å². The van der Waals surface area contributed by atoms with Gasteiger partial charge in [0.05, 0.1) is 21.8 Å². The normalized spacial score (nSPS) is 12.1. The Labute approximate surface area is 184 Å². The van der Waals surface area contributed by atoms with E-state index in [4.69, 9.17) is 11.6 Å². The first-order chi connectivity index (χ1) is 14.8. The predicted octanol–water partition coefficient (Wildman–Crippen LogP) is 5.88. The van der Waals surface area contributed by atoms with Crippen molar-refractivity contribution in [2.24, 2.45) is 0 Å². The van der Waals surface area contributed by atoms with Crippen molar-refractivity contribution in [1.29, 1.82) is 0 Å². The number of halogens is 7. The van der Waals surface area contributed by atoms with Crippen LogP contribution in [0.3, 0.4) is 0 Å². The highest BCUT2D eigenvalue weighted by atomic mass is 35.5. The second kappa shape index (κ2) is 10.1. The predicted molar refractivity (Wildman–Crippen MR) is 108 cm³/mol. The molecule has 0 atom stereocenters. The molecule has 2 amide bonds. The molecule has 11 heteroatoms. The molecule has 0 unspecified atom stereocenters. The molecule has 0 aliphatic carbocycles. The standard InChI is InChI=1S/C21H17ClF6N2O2/c1-2-30(12-18(31)29-17-6-4-3-5-14(17)20(23,24)25)19(32)10-8-13-7-9-16(22)15(11-13)21(26,27)28/h3-11H,2,12H2,1H3,(H,29,31)/b10-8-. The Morgan fingerprint density at radius 3 is 2.22 bits per heavy atom. The molecule has 0 aliphatic rings. The maximum atomic E-state index is 13.0. The minimum atomic E-state index is -4.68. The zero-order valence-corrected chi connectivity index (χ0v) is 17.3. The largest absolute Gasteiger partial charge is 0.418 e. The fourth-order valence-electron chi connectivity index (χ4n) is 2.68. The number of hydrogen-bond acceptors (Lipinski definition) is 2. The summed E-state index contributed by atoms with van der Waals surface area (Å²) in [7, 11) is 0. The lowest BCUT2D eigenvalue weighted by atomic mass is 10.1. The Hall–Kier alpha value is -3.01. The van der Waals surface area contributed by atoms with Crippen LogP contribution in [0.25, 0.3) is 6.08 Å². The number of carbonyl (C=O) groups is 2. The quantitative estimate of drug-likeness (QED) is 0.416. The molecule has 0 radical (unpaired) electrons. The van der Waals surface area contributed by atoms with Gasteiger partial charge in [0.2, 0.25) is 11.8 Å². The Kier molecular flexibility index (Phi) is 7.95. The van der Waals surface area contributed by atoms with Gasteiger partial charge in [0.1, 0.15) is 6.54 Å². The molecule has 0 spiro atoms. The van der Waals surface area contributed by atoms with Gasteiger partial charge < -0.3 is 10.2 Å². The van der Waals surface area contributed by atoms with Gasteiger partial charge in [-0.1, -0.05) is 29.8 Å². The fourth-order valence-corrected chi connectivity index (χ4v) is 2.91. The third kappa shape index (κ3) is 6.74. The lowest BCUT2D eigenvalue weighted by Crippen LogP contribution is -2.37. The topological polar surface area (TPSA) is 49.4 Å². The maximum Gasteiger partial charge on any atom is 0.418 e. The van der Waals surface area contributed by atoms with Crippen molar-refractivity contribution < 1.29 is 35.9 Å². The van der Waals surface area contributed by atoms with E-state index in [0.29, 0.717) is 0 Å². The van der Waals surface area contributed by atoms with E-state index in [1.807, 2.05) is 0 Å². The molecule has 0 saturated heterocycles. The van der Waals surface area contributed by atoms with Gasteiger partial charge in [0, 0.05) is 12.6 Å². The van der Waals surface area contributed by atoms with Crippen molar-refractivity contribution in [2.45, 2.75) is 19.3 Å². The highest BCUT2D eigenvalue weighted by molar-refractivity contribution is 6.31. The van der Waals surface area contributed by atoms with Crippen LogP contribution in [-0.2, 0) is 21.9 Å². The van der Waals surface area contributed by atoms with Crippen LogP contribution in [0.15, 0.2) is 48.5 Å². The van der Waals surface area contributed by atoms with Gasteiger partial charge in [-0.2, -0.15) is 26.3 Å². The lowest BCUT2D eigenvalue weighted by molar-refractivity contribution is -0.138. The first-order valence-electron chi connectivity index (χ1n) is 9.12.